The molecule has 7 heteroatoms. The van der Waals surface area contributed by atoms with E-state index >= 15 is 0 Å². The summed E-state index contributed by atoms with van der Waals surface area (Å²) in [5, 5.41) is 3.46. The highest BCUT2D eigenvalue weighted by Gasteiger charge is 2.29. The Morgan fingerprint density at radius 1 is 1.29 bits per heavy atom. The fraction of sp³-hybridized carbons (Fsp3) is 0.667. The fourth-order valence-corrected chi connectivity index (χ4v) is 2.61. The molecule has 2 atom stereocenters. The minimum absolute atomic E-state index is 0.0590. The monoisotopic (exact) mass is 463 g/mol. The lowest BCUT2D eigenvalue weighted by atomic mass is 9.97. The van der Waals surface area contributed by atoms with Gasteiger partial charge in [0.05, 0.1) is 7.11 Å². The molecule has 1 aromatic rings. The minimum atomic E-state index is -2.43. The third-order valence-corrected chi connectivity index (χ3v) is 4.87. The van der Waals surface area contributed by atoms with Gasteiger partial charge in [0.2, 0.25) is 11.8 Å². The predicted octanol–water partition coefficient (Wildman–Crippen LogP) is 6.94. The molecule has 0 spiro atoms. The summed E-state index contributed by atoms with van der Waals surface area (Å²) < 4.78 is 31.0. The van der Waals surface area contributed by atoms with Gasteiger partial charge in [0.25, 0.3) is 0 Å². The van der Waals surface area contributed by atoms with Gasteiger partial charge in [-0.05, 0) is 49.9 Å². The molecular formula is C24H40ClF2NO3. The van der Waals surface area contributed by atoms with Gasteiger partial charge in [-0.3, -0.25) is 4.79 Å². The van der Waals surface area contributed by atoms with Gasteiger partial charge >= 0.3 is 0 Å². The van der Waals surface area contributed by atoms with Crippen LogP contribution < -0.4 is 10.1 Å². The second kappa shape index (κ2) is 19.0. The van der Waals surface area contributed by atoms with E-state index in [1.165, 1.54) is 6.92 Å². The number of unbranched alkanes of at least 4 members (excludes halogenated alkanes) is 1. The molecule has 0 aliphatic carbocycles. The first-order chi connectivity index (χ1) is 14.6. The van der Waals surface area contributed by atoms with Crippen molar-refractivity contribution in [3.63, 3.8) is 0 Å². The maximum absolute atomic E-state index is 13.0. The molecule has 1 N–H and O–H groups in total. The highest BCUT2D eigenvalue weighted by atomic mass is 35.5. The normalized spacial score (nSPS) is 15.6. The van der Waals surface area contributed by atoms with Crippen LogP contribution in [-0.2, 0) is 9.59 Å². The molecule has 2 rings (SSSR count). The van der Waals surface area contributed by atoms with E-state index in [4.69, 9.17) is 21.1 Å². The Bertz CT molecular complexity index is 583. The molecule has 0 saturated carbocycles. The molecule has 0 bridgehead atoms. The lowest BCUT2D eigenvalue weighted by Gasteiger charge is -2.19. The molecule has 0 radical (unpaired) electrons. The summed E-state index contributed by atoms with van der Waals surface area (Å²) in [6.07, 6.45) is 4.23. The zero-order valence-electron chi connectivity index (χ0n) is 19.8. The number of rotatable bonds is 7. The number of aldehydes is 1. The number of amides is 1. The molecule has 1 aliphatic rings. The quantitative estimate of drug-likeness (QED) is 0.445. The van der Waals surface area contributed by atoms with E-state index in [2.05, 4.69) is 5.32 Å². The van der Waals surface area contributed by atoms with Crippen LogP contribution in [0.2, 0.25) is 5.02 Å². The maximum atomic E-state index is 13.0. The molecule has 1 saturated heterocycles. The van der Waals surface area contributed by atoms with Crippen molar-refractivity contribution in [2.24, 2.45) is 11.8 Å². The van der Waals surface area contributed by atoms with Crippen LogP contribution in [0.5, 0.6) is 5.75 Å². The summed E-state index contributed by atoms with van der Waals surface area (Å²) in [5.74, 6) is -0.970. The average molecular weight is 464 g/mol. The van der Waals surface area contributed by atoms with Crippen molar-refractivity contribution in [3.05, 3.63) is 29.3 Å². The second-order valence-electron chi connectivity index (χ2n) is 7.55. The van der Waals surface area contributed by atoms with Crippen molar-refractivity contribution < 1.29 is 23.1 Å². The highest BCUT2D eigenvalue weighted by molar-refractivity contribution is 6.30. The summed E-state index contributed by atoms with van der Waals surface area (Å²) in [5.41, 5.74) is 0. The first kappa shape index (κ1) is 31.5. The summed E-state index contributed by atoms with van der Waals surface area (Å²) >= 11 is 5.61. The number of hydrogen-bond acceptors (Lipinski definition) is 3. The summed E-state index contributed by atoms with van der Waals surface area (Å²) in [6, 6.07) is 7.23. The second-order valence-corrected chi connectivity index (χ2v) is 7.99. The van der Waals surface area contributed by atoms with Crippen LogP contribution in [0.3, 0.4) is 0 Å². The number of halogens is 3. The van der Waals surface area contributed by atoms with Crippen molar-refractivity contribution >= 4 is 23.8 Å². The largest absolute Gasteiger partial charge is 0.497 e. The van der Waals surface area contributed by atoms with E-state index in [1.807, 2.05) is 39.8 Å². The van der Waals surface area contributed by atoms with E-state index in [0.717, 1.165) is 42.9 Å². The Morgan fingerprint density at radius 3 is 2.16 bits per heavy atom. The zero-order valence-corrected chi connectivity index (χ0v) is 20.6. The van der Waals surface area contributed by atoms with Gasteiger partial charge < -0.3 is 14.8 Å². The van der Waals surface area contributed by atoms with E-state index in [-0.39, 0.29) is 30.6 Å². The Labute approximate surface area is 192 Å². The Hall–Kier alpha value is -1.69. The van der Waals surface area contributed by atoms with Crippen molar-refractivity contribution in [1.29, 1.82) is 0 Å². The number of nitrogens with one attached hydrogen (secondary N) is 1. The summed E-state index contributed by atoms with van der Waals surface area (Å²) in [7, 11) is 1.63. The van der Waals surface area contributed by atoms with E-state index in [1.54, 1.807) is 19.2 Å². The number of hydrogen-bond donors (Lipinski definition) is 1. The molecule has 180 valence electrons. The Kier molecular flexibility index (Phi) is 19.3. The van der Waals surface area contributed by atoms with Gasteiger partial charge in [-0.25, -0.2) is 8.78 Å². The van der Waals surface area contributed by atoms with Crippen molar-refractivity contribution in [3.8, 4) is 5.75 Å². The van der Waals surface area contributed by atoms with Crippen LogP contribution in [0.1, 0.15) is 73.1 Å². The number of benzene rings is 1. The van der Waals surface area contributed by atoms with E-state index < -0.39 is 5.92 Å². The molecule has 0 aromatic heterocycles. The van der Waals surface area contributed by atoms with Crippen LogP contribution in [-0.4, -0.2) is 31.8 Å². The van der Waals surface area contributed by atoms with Crippen LogP contribution >= 0.6 is 11.6 Å². The van der Waals surface area contributed by atoms with Crippen LogP contribution in [0.4, 0.5) is 8.78 Å². The molecule has 1 heterocycles. The van der Waals surface area contributed by atoms with Gasteiger partial charge in [-0.2, -0.15) is 0 Å². The van der Waals surface area contributed by atoms with Crippen LogP contribution in [0.25, 0.3) is 0 Å². The van der Waals surface area contributed by atoms with Crippen LogP contribution in [0.15, 0.2) is 24.3 Å². The Balaban J connectivity index is 0. The first-order valence-electron chi connectivity index (χ1n) is 10.9. The molecule has 1 amide bonds. The fourth-order valence-electron chi connectivity index (χ4n) is 2.48. The highest BCUT2D eigenvalue weighted by Crippen LogP contribution is 2.29. The smallest absolute Gasteiger partial charge is 0.248 e. The van der Waals surface area contributed by atoms with Crippen LogP contribution in [0, 0.1) is 11.8 Å². The van der Waals surface area contributed by atoms with Gasteiger partial charge in [-0.15, -0.1) is 0 Å². The van der Waals surface area contributed by atoms with Gasteiger partial charge in [-0.1, -0.05) is 52.1 Å². The number of alkyl halides is 2. The zero-order chi connectivity index (χ0) is 24.3. The first-order valence-corrected chi connectivity index (χ1v) is 11.3. The third kappa shape index (κ3) is 18.8. The Morgan fingerprint density at radius 2 is 1.84 bits per heavy atom. The predicted molar refractivity (Wildman–Crippen MR) is 125 cm³/mol. The minimum Gasteiger partial charge on any atom is -0.497 e. The summed E-state index contributed by atoms with van der Waals surface area (Å²) in [4.78, 5) is 19.3. The van der Waals surface area contributed by atoms with Crippen molar-refractivity contribution in [2.75, 3.05) is 13.7 Å². The number of ether oxygens (including phenoxy) is 1. The topological polar surface area (TPSA) is 55.4 Å². The van der Waals surface area contributed by atoms with E-state index in [9.17, 15) is 13.6 Å². The number of carbonyl (C=O) groups is 2. The molecular weight excluding hydrogens is 424 g/mol. The molecule has 1 fully saturated rings. The standard InChI is InChI=1S/C10H20F2.C7H7ClO.C5H9NO.C2H4O/c1-4-6-7-10(11,12)8-9(3)5-2;1-9-7-4-2-6(8)3-5-7;1-4-2-3-6-5(4)7;1-2-3/h9H,4-8H2,1-3H3;2-5H,1H3;4H,2-3H2,1H3,(H,6,7);2H,1H3. The number of carbonyl (C=O) groups excluding carboxylic acids is 2. The van der Waals surface area contributed by atoms with Gasteiger partial charge in [0.15, 0.2) is 0 Å². The van der Waals surface area contributed by atoms with Gasteiger partial charge in [0.1, 0.15) is 12.0 Å². The number of methoxy groups -OCH3 is 1. The van der Waals surface area contributed by atoms with Crippen molar-refractivity contribution in [2.45, 2.75) is 79.1 Å². The molecule has 1 aliphatic heterocycles. The van der Waals surface area contributed by atoms with Gasteiger partial charge in [0, 0.05) is 30.3 Å². The lowest BCUT2D eigenvalue weighted by molar-refractivity contribution is -0.122. The average Bonchev–Trinajstić information content (AvgIpc) is 3.11. The SMILES string of the molecule is CC1CCNC1=O.CC=O.CCCCC(F)(F)CC(C)CC.COc1ccc(Cl)cc1. The molecule has 1 aromatic carbocycles. The molecule has 2 unspecified atom stereocenters. The molecule has 4 nitrogen and oxygen atoms in total. The molecule has 31 heavy (non-hydrogen) atoms. The third-order valence-electron chi connectivity index (χ3n) is 4.61. The lowest BCUT2D eigenvalue weighted by Crippen LogP contribution is -2.19. The summed E-state index contributed by atoms with van der Waals surface area (Å²) in [6.45, 7) is 10.1. The maximum Gasteiger partial charge on any atom is 0.248 e. The van der Waals surface area contributed by atoms with E-state index in [0.29, 0.717) is 6.42 Å². The van der Waals surface area contributed by atoms with Crippen molar-refractivity contribution in [1.82, 2.24) is 5.32 Å².